The number of rotatable bonds is 6. The molecule has 7 heteroatoms. The van der Waals surface area contributed by atoms with Gasteiger partial charge in [-0.15, -0.1) is 0 Å². The van der Waals surface area contributed by atoms with Crippen molar-refractivity contribution in [2.45, 2.75) is 25.9 Å². The molecule has 1 N–H and O–H groups in total. The third-order valence-corrected chi connectivity index (χ3v) is 5.68. The van der Waals surface area contributed by atoms with Gasteiger partial charge in [-0.05, 0) is 43.2 Å². The molecule has 1 amide bonds. The molecule has 0 saturated carbocycles. The highest BCUT2D eigenvalue weighted by molar-refractivity contribution is 6.46. The second-order valence-corrected chi connectivity index (χ2v) is 8.00. The minimum atomic E-state index is -0.680. The lowest BCUT2D eigenvalue weighted by atomic mass is 9.94. The number of ketones is 1. The Morgan fingerprint density at radius 3 is 2.42 bits per heavy atom. The third-order valence-electron chi connectivity index (χ3n) is 5.43. The number of benzene rings is 2. The van der Waals surface area contributed by atoms with Gasteiger partial charge in [-0.1, -0.05) is 41.4 Å². The minimum Gasteiger partial charge on any atom is -0.507 e. The molecule has 2 heterocycles. The molecular weight excluding hydrogens is 414 g/mol. The molecule has 6 nitrogen and oxygen atoms in total. The number of carbonyl (C=O) groups is 2. The van der Waals surface area contributed by atoms with Crippen LogP contribution in [0.1, 0.15) is 29.2 Å². The SMILES string of the molecule is Cc1ccc(C2/C(=C(\O)c3ccc(Cl)cc3)C(=O)C(=O)N2CCCn2ccnc2)cc1. The second-order valence-electron chi connectivity index (χ2n) is 7.56. The summed E-state index contributed by atoms with van der Waals surface area (Å²) in [5, 5.41) is 11.5. The van der Waals surface area contributed by atoms with Crippen molar-refractivity contribution < 1.29 is 14.7 Å². The van der Waals surface area contributed by atoms with Crippen LogP contribution < -0.4 is 0 Å². The zero-order valence-corrected chi connectivity index (χ0v) is 17.8. The maximum atomic E-state index is 13.0. The van der Waals surface area contributed by atoms with Crippen LogP contribution in [0.25, 0.3) is 5.76 Å². The first kappa shape index (κ1) is 20.9. The van der Waals surface area contributed by atoms with E-state index >= 15 is 0 Å². The summed E-state index contributed by atoms with van der Waals surface area (Å²) < 4.78 is 1.92. The summed E-state index contributed by atoms with van der Waals surface area (Å²) in [7, 11) is 0. The summed E-state index contributed by atoms with van der Waals surface area (Å²) in [4.78, 5) is 31.5. The Labute approximate surface area is 185 Å². The van der Waals surface area contributed by atoms with Gasteiger partial charge in [0.2, 0.25) is 0 Å². The van der Waals surface area contributed by atoms with Crippen LogP contribution in [0, 0.1) is 6.92 Å². The highest BCUT2D eigenvalue weighted by atomic mass is 35.5. The van der Waals surface area contributed by atoms with Gasteiger partial charge in [-0.3, -0.25) is 9.59 Å². The van der Waals surface area contributed by atoms with Crippen LogP contribution in [0.2, 0.25) is 5.02 Å². The number of halogens is 1. The van der Waals surface area contributed by atoms with Crippen molar-refractivity contribution in [3.05, 3.63) is 94.5 Å². The molecule has 0 bridgehead atoms. The molecule has 158 valence electrons. The Balaban J connectivity index is 1.72. The molecule has 0 aliphatic carbocycles. The molecule has 3 aromatic rings. The molecule has 2 aromatic carbocycles. The lowest BCUT2D eigenvalue weighted by Gasteiger charge is -2.25. The lowest BCUT2D eigenvalue weighted by Crippen LogP contribution is -2.31. The Hall–Kier alpha value is -3.38. The van der Waals surface area contributed by atoms with E-state index in [-0.39, 0.29) is 11.3 Å². The monoisotopic (exact) mass is 435 g/mol. The zero-order valence-electron chi connectivity index (χ0n) is 17.0. The van der Waals surface area contributed by atoms with Crippen molar-refractivity contribution in [3.63, 3.8) is 0 Å². The number of hydrogen-bond donors (Lipinski definition) is 1. The molecule has 1 unspecified atom stereocenters. The normalized spacial score (nSPS) is 18.0. The summed E-state index contributed by atoms with van der Waals surface area (Å²) in [6, 6.07) is 13.5. The van der Waals surface area contributed by atoms with Crippen LogP contribution in [0.5, 0.6) is 0 Å². The number of amides is 1. The minimum absolute atomic E-state index is 0.0961. The number of aromatic nitrogens is 2. The van der Waals surface area contributed by atoms with Crippen LogP contribution in [0.3, 0.4) is 0 Å². The van der Waals surface area contributed by atoms with E-state index in [1.165, 1.54) is 0 Å². The highest BCUT2D eigenvalue weighted by Gasteiger charge is 2.45. The molecule has 1 aliphatic heterocycles. The van der Waals surface area contributed by atoms with Crippen LogP contribution >= 0.6 is 11.6 Å². The Bertz CT molecular complexity index is 1120. The summed E-state index contributed by atoms with van der Waals surface area (Å²) in [6.07, 6.45) is 5.91. The van der Waals surface area contributed by atoms with E-state index in [0.717, 1.165) is 11.1 Å². The summed E-state index contributed by atoms with van der Waals surface area (Å²) in [5.41, 5.74) is 2.39. The number of hydrogen-bond acceptors (Lipinski definition) is 4. The van der Waals surface area contributed by atoms with Gasteiger partial charge in [0.1, 0.15) is 5.76 Å². The van der Waals surface area contributed by atoms with Crippen molar-refractivity contribution in [2.24, 2.45) is 0 Å². The van der Waals surface area contributed by atoms with Gasteiger partial charge in [0.25, 0.3) is 11.7 Å². The number of aliphatic hydroxyl groups is 1. The molecule has 4 rings (SSSR count). The Morgan fingerprint density at radius 2 is 1.77 bits per heavy atom. The lowest BCUT2D eigenvalue weighted by molar-refractivity contribution is -0.139. The van der Waals surface area contributed by atoms with Gasteiger partial charge in [0, 0.05) is 36.1 Å². The maximum Gasteiger partial charge on any atom is 0.295 e. The highest BCUT2D eigenvalue weighted by Crippen LogP contribution is 2.39. The number of aliphatic hydroxyl groups excluding tert-OH is 1. The fourth-order valence-corrected chi connectivity index (χ4v) is 3.94. The second kappa shape index (κ2) is 8.78. The number of Topliss-reactive ketones (excluding diaryl/α,β-unsaturated/α-hetero) is 1. The standard InChI is InChI=1S/C24H22ClN3O3/c1-16-3-5-17(6-4-16)21-20(22(29)18-7-9-19(25)10-8-18)23(30)24(31)28(21)13-2-12-27-14-11-26-15-27/h3-11,14-15,21,29H,2,12-13H2,1H3/b22-20+. The fourth-order valence-electron chi connectivity index (χ4n) is 3.81. The molecule has 1 aromatic heterocycles. The number of imidazole rings is 1. The summed E-state index contributed by atoms with van der Waals surface area (Å²) in [5.74, 6) is -1.48. The van der Waals surface area contributed by atoms with E-state index in [1.54, 1.807) is 41.7 Å². The van der Waals surface area contributed by atoms with E-state index in [2.05, 4.69) is 4.98 Å². The molecule has 0 spiro atoms. The van der Waals surface area contributed by atoms with Gasteiger partial charge in [-0.25, -0.2) is 4.98 Å². The number of nitrogens with zero attached hydrogens (tertiary/aromatic N) is 3. The quantitative estimate of drug-likeness (QED) is 0.354. The maximum absolute atomic E-state index is 13.0. The smallest absolute Gasteiger partial charge is 0.295 e. The third kappa shape index (κ3) is 4.25. The predicted octanol–water partition coefficient (Wildman–Crippen LogP) is 4.36. The van der Waals surface area contributed by atoms with Crippen LogP contribution in [-0.2, 0) is 16.1 Å². The van der Waals surface area contributed by atoms with Crippen molar-refractivity contribution >= 4 is 29.1 Å². The molecule has 1 fully saturated rings. The van der Waals surface area contributed by atoms with E-state index in [1.807, 2.05) is 42.0 Å². The van der Waals surface area contributed by atoms with Crippen molar-refractivity contribution in [1.82, 2.24) is 14.5 Å². The van der Waals surface area contributed by atoms with Crippen LogP contribution in [0.15, 0.2) is 72.8 Å². The fraction of sp³-hybridized carbons (Fsp3) is 0.208. The topological polar surface area (TPSA) is 75.4 Å². The molecular formula is C24H22ClN3O3. The molecule has 31 heavy (non-hydrogen) atoms. The van der Waals surface area contributed by atoms with Gasteiger partial charge in [0.05, 0.1) is 17.9 Å². The average molecular weight is 436 g/mol. The number of carbonyl (C=O) groups excluding carboxylic acids is 2. The summed E-state index contributed by atoms with van der Waals surface area (Å²) >= 11 is 5.96. The van der Waals surface area contributed by atoms with E-state index < -0.39 is 17.7 Å². The number of aryl methyl sites for hydroxylation is 2. The van der Waals surface area contributed by atoms with Crippen molar-refractivity contribution in [1.29, 1.82) is 0 Å². The van der Waals surface area contributed by atoms with Gasteiger partial charge in [0.15, 0.2) is 0 Å². The van der Waals surface area contributed by atoms with Gasteiger partial charge in [-0.2, -0.15) is 0 Å². The first-order chi connectivity index (χ1) is 15.0. The van der Waals surface area contributed by atoms with Crippen molar-refractivity contribution in [3.8, 4) is 0 Å². The molecule has 1 saturated heterocycles. The van der Waals surface area contributed by atoms with E-state index in [0.29, 0.717) is 30.1 Å². The van der Waals surface area contributed by atoms with Crippen molar-refractivity contribution in [2.75, 3.05) is 6.54 Å². The first-order valence-electron chi connectivity index (χ1n) is 10.0. The van der Waals surface area contributed by atoms with E-state index in [9.17, 15) is 14.7 Å². The Kier molecular flexibility index (Phi) is 5.91. The first-order valence-corrected chi connectivity index (χ1v) is 10.4. The van der Waals surface area contributed by atoms with E-state index in [4.69, 9.17) is 11.6 Å². The predicted molar refractivity (Wildman–Crippen MR) is 118 cm³/mol. The number of likely N-dealkylation sites (tertiary alicyclic amines) is 1. The molecule has 0 radical (unpaired) electrons. The van der Waals surface area contributed by atoms with Crippen LogP contribution in [-0.4, -0.2) is 37.8 Å². The Morgan fingerprint density at radius 1 is 1.06 bits per heavy atom. The average Bonchev–Trinajstić information content (AvgIpc) is 3.37. The summed E-state index contributed by atoms with van der Waals surface area (Å²) in [6.45, 7) is 3.01. The van der Waals surface area contributed by atoms with Gasteiger partial charge >= 0.3 is 0 Å². The molecule has 1 atom stereocenters. The van der Waals surface area contributed by atoms with Gasteiger partial charge < -0.3 is 14.6 Å². The largest absolute Gasteiger partial charge is 0.507 e. The zero-order chi connectivity index (χ0) is 22.0. The van der Waals surface area contributed by atoms with Crippen LogP contribution in [0.4, 0.5) is 0 Å². The molecule has 1 aliphatic rings.